The molecule has 2 aliphatic rings. The summed E-state index contributed by atoms with van der Waals surface area (Å²) in [6, 6.07) is 8.88. The summed E-state index contributed by atoms with van der Waals surface area (Å²) in [5, 5.41) is 9.64. The van der Waals surface area contributed by atoms with Crippen molar-refractivity contribution in [2.45, 2.75) is 12.0 Å². The normalized spacial score (nSPS) is 21.0. The number of methoxy groups -OCH3 is 2. The lowest BCUT2D eigenvalue weighted by atomic mass is 9.89. The Kier molecular flexibility index (Phi) is 2.82. The Morgan fingerprint density at radius 3 is 2.73 bits per heavy atom. The first kappa shape index (κ1) is 13.1. The van der Waals surface area contributed by atoms with Gasteiger partial charge in [-0.3, -0.25) is 0 Å². The molecule has 0 amide bonds. The highest BCUT2D eigenvalue weighted by molar-refractivity contribution is 5.57. The van der Waals surface area contributed by atoms with E-state index in [4.69, 9.17) is 18.9 Å². The smallest absolute Gasteiger partial charge is 0.141 e. The monoisotopic (exact) mass is 300 g/mol. The number of phenols is 1. The highest BCUT2D eigenvalue weighted by atomic mass is 16.5. The van der Waals surface area contributed by atoms with Crippen LogP contribution < -0.4 is 18.9 Å². The number of benzene rings is 2. The van der Waals surface area contributed by atoms with Gasteiger partial charge in [0.15, 0.2) is 0 Å². The van der Waals surface area contributed by atoms with E-state index in [1.165, 1.54) is 0 Å². The molecular weight excluding hydrogens is 284 g/mol. The van der Waals surface area contributed by atoms with Gasteiger partial charge in [0.1, 0.15) is 34.9 Å². The van der Waals surface area contributed by atoms with Crippen molar-refractivity contribution in [1.29, 1.82) is 0 Å². The van der Waals surface area contributed by atoms with Crippen molar-refractivity contribution in [3.63, 3.8) is 0 Å². The average Bonchev–Trinajstić information content (AvgIpc) is 2.90. The zero-order chi connectivity index (χ0) is 15.3. The van der Waals surface area contributed by atoms with Crippen LogP contribution in [0.1, 0.15) is 23.1 Å². The van der Waals surface area contributed by atoms with Crippen LogP contribution in [0.5, 0.6) is 28.7 Å². The second kappa shape index (κ2) is 4.73. The summed E-state index contributed by atoms with van der Waals surface area (Å²) in [6.07, 6.45) is -0.179. The van der Waals surface area contributed by atoms with E-state index in [1.54, 1.807) is 26.4 Å². The first-order valence-corrected chi connectivity index (χ1v) is 7.09. The van der Waals surface area contributed by atoms with Crippen molar-refractivity contribution >= 4 is 0 Å². The van der Waals surface area contributed by atoms with E-state index in [0.717, 1.165) is 16.9 Å². The van der Waals surface area contributed by atoms with Crippen molar-refractivity contribution in [2.24, 2.45) is 0 Å². The standard InChI is InChI=1S/C17H16O5/c1-19-10-6-14(20-2)16-15(7-10)21-8-12-11-4-3-9(18)5-13(11)22-17(12)16/h3-7,12,17-18H,8H2,1-2H3/t12-,17+/m0/s1. The Balaban J connectivity index is 1.83. The van der Waals surface area contributed by atoms with Crippen LogP contribution in [0.25, 0.3) is 0 Å². The molecule has 2 aliphatic heterocycles. The molecule has 2 aromatic carbocycles. The van der Waals surface area contributed by atoms with E-state index in [1.807, 2.05) is 18.2 Å². The third-order valence-corrected chi connectivity index (χ3v) is 4.25. The molecule has 22 heavy (non-hydrogen) atoms. The lowest BCUT2D eigenvalue weighted by molar-refractivity contribution is 0.135. The average molecular weight is 300 g/mol. The quantitative estimate of drug-likeness (QED) is 0.924. The first-order chi connectivity index (χ1) is 10.7. The molecule has 0 saturated heterocycles. The summed E-state index contributed by atoms with van der Waals surface area (Å²) in [4.78, 5) is 0. The molecule has 0 unspecified atom stereocenters. The minimum atomic E-state index is -0.179. The number of fused-ring (bicyclic) bond motifs is 5. The van der Waals surface area contributed by atoms with Gasteiger partial charge in [-0.15, -0.1) is 0 Å². The van der Waals surface area contributed by atoms with Crippen molar-refractivity contribution in [3.05, 3.63) is 41.5 Å². The van der Waals surface area contributed by atoms with Gasteiger partial charge in [0.05, 0.1) is 32.3 Å². The molecule has 0 fully saturated rings. The van der Waals surface area contributed by atoms with Crippen molar-refractivity contribution < 1.29 is 24.1 Å². The Morgan fingerprint density at radius 2 is 1.95 bits per heavy atom. The van der Waals surface area contributed by atoms with Crippen LogP contribution in [-0.2, 0) is 0 Å². The van der Waals surface area contributed by atoms with Gasteiger partial charge in [-0.25, -0.2) is 0 Å². The highest BCUT2D eigenvalue weighted by Crippen LogP contribution is 2.54. The van der Waals surface area contributed by atoms with E-state index in [2.05, 4.69) is 0 Å². The van der Waals surface area contributed by atoms with Gasteiger partial charge in [0.25, 0.3) is 0 Å². The van der Waals surface area contributed by atoms with E-state index < -0.39 is 0 Å². The molecule has 0 aromatic heterocycles. The minimum absolute atomic E-state index is 0.0883. The Labute approximate surface area is 128 Å². The fourth-order valence-electron chi connectivity index (χ4n) is 3.19. The molecule has 2 aromatic rings. The molecule has 0 spiro atoms. The zero-order valence-electron chi connectivity index (χ0n) is 12.3. The molecule has 114 valence electrons. The van der Waals surface area contributed by atoms with Gasteiger partial charge in [-0.05, 0) is 6.07 Å². The molecule has 5 heteroatoms. The van der Waals surface area contributed by atoms with Gasteiger partial charge in [-0.2, -0.15) is 0 Å². The third-order valence-electron chi connectivity index (χ3n) is 4.25. The van der Waals surface area contributed by atoms with Crippen LogP contribution in [0.4, 0.5) is 0 Å². The number of hydrogen-bond donors (Lipinski definition) is 1. The maximum atomic E-state index is 9.64. The maximum absolute atomic E-state index is 9.64. The number of rotatable bonds is 2. The predicted molar refractivity (Wildman–Crippen MR) is 79.3 cm³/mol. The van der Waals surface area contributed by atoms with Crippen molar-refractivity contribution in [2.75, 3.05) is 20.8 Å². The Bertz CT molecular complexity index is 723. The molecule has 2 atom stereocenters. The van der Waals surface area contributed by atoms with Gasteiger partial charge >= 0.3 is 0 Å². The summed E-state index contributed by atoms with van der Waals surface area (Å²) in [5.74, 6) is 3.06. The zero-order valence-corrected chi connectivity index (χ0v) is 12.3. The van der Waals surface area contributed by atoms with Gasteiger partial charge < -0.3 is 24.1 Å². The fraction of sp³-hybridized carbons (Fsp3) is 0.294. The largest absolute Gasteiger partial charge is 0.508 e. The van der Waals surface area contributed by atoms with Gasteiger partial charge in [0, 0.05) is 23.8 Å². The van der Waals surface area contributed by atoms with Gasteiger partial charge in [-0.1, -0.05) is 6.07 Å². The molecule has 2 heterocycles. The van der Waals surface area contributed by atoms with Crippen LogP contribution in [0.3, 0.4) is 0 Å². The first-order valence-electron chi connectivity index (χ1n) is 7.09. The summed E-state index contributed by atoms with van der Waals surface area (Å²) in [7, 11) is 3.23. The molecule has 0 bridgehead atoms. The molecule has 0 saturated carbocycles. The molecule has 5 nitrogen and oxygen atoms in total. The SMILES string of the molecule is COc1cc(OC)c2c(c1)OC[C@H]1c3ccc(O)cc3O[C@@H]21. The third kappa shape index (κ3) is 1.78. The van der Waals surface area contributed by atoms with Crippen LogP contribution in [0.2, 0.25) is 0 Å². The van der Waals surface area contributed by atoms with E-state index >= 15 is 0 Å². The van der Waals surface area contributed by atoms with Crippen molar-refractivity contribution in [3.8, 4) is 28.7 Å². The lowest BCUT2D eigenvalue weighted by Gasteiger charge is -2.29. The van der Waals surface area contributed by atoms with E-state index in [0.29, 0.717) is 23.9 Å². The predicted octanol–water partition coefficient (Wildman–Crippen LogP) is 3.02. The van der Waals surface area contributed by atoms with Crippen molar-refractivity contribution in [1.82, 2.24) is 0 Å². The highest BCUT2D eigenvalue weighted by Gasteiger charge is 2.42. The topological polar surface area (TPSA) is 57.2 Å². The molecule has 4 rings (SSSR count). The molecular formula is C17H16O5. The Morgan fingerprint density at radius 1 is 1.09 bits per heavy atom. The molecule has 0 aliphatic carbocycles. The van der Waals surface area contributed by atoms with Gasteiger partial charge in [0.2, 0.25) is 0 Å². The van der Waals surface area contributed by atoms with Crippen LogP contribution >= 0.6 is 0 Å². The summed E-state index contributed by atoms with van der Waals surface area (Å²) >= 11 is 0. The lowest BCUT2D eigenvalue weighted by Crippen LogP contribution is -2.23. The van der Waals surface area contributed by atoms with E-state index in [-0.39, 0.29) is 17.8 Å². The van der Waals surface area contributed by atoms with Crippen LogP contribution in [0, 0.1) is 0 Å². The summed E-state index contributed by atoms with van der Waals surface area (Å²) in [6.45, 7) is 0.520. The molecule has 1 N–H and O–H groups in total. The number of ether oxygens (including phenoxy) is 4. The van der Waals surface area contributed by atoms with E-state index in [9.17, 15) is 5.11 Å². The fourth-order valence-corrected chi connectivity index (χ4v) is 3.19. The second-order valence-corrected chi connectivity index (χ2v) is 5.42. The number of aromatic hydroxyl groups is 1. The van der Waals surface area contributed by atoms with Crippen LogP contribution in [0.15, 0.2) is 30.3 Å². The Hall–Kier alpha value is -2.56. The minimum Gasteiger partial charge on any atom is -0.508 e. The summed E-state index contributed by atoms with van der Waals surface area (Å²) < 4.78 is 22.8. The summed E-state index contributed by atoms with van der Waals surface area (Å²) in [5.41, 5.74) is 1.93. The number of phenolic OH excluding ortho intramolecular Hbond substituents is 1. The maximum Gasteiger partial charge on any atom is 0.141 e. The molecule has 0 radical (unpaired) electrons. The number of hydrogen-bond acceptors (Lipinski definition) is 5. The second-order valence-electron chi connectivity index (χ2n) is 5.42. The van der Waals surface area contributed by atoms with Crippen LogP contribution in [-0.4, -0.2) is 25.9 Å².